The predicted molar refractivity (Wildman–Crippen MR) is 122 cm³/mol. The Morgan fingerprint density at radius 3 is 2.18 bits per heavy atom. The van der Waals surface area contributed by atoms with E-state index in [0.717, 1.165) is 29.8 Å². The standard InChI is InChI=1S/C24H22FN3O4S/c1-17(2)28(24(29)27-21-9-3-18(15-26)4-10-21)16-19-5-11-22(12-6-19)32-33(30,31)23-13-7-20(25)8-14-23/h3-14,17H,16H2,1-2H3,(H,27,29). The number of halogens is 1. The molecule has 0 aliphatic carbocycles. The number of carbonyl (C=O) groups excluding carboxylic acids is 1. The Bertz CT molecular complexity index is 1250. The number of hydrogen-bond donors (Lipinski definition) is 1. The minimum absolute atomic E-state index is 0.0983. The molecule has 0 aromatic heterocycles. The average Bonchev–Trinajstić information content (AvgIpc) is 2.79. The van der Waals surface area contributed by atoms with Gasteiger partial charge in [-0.25, -0.2) is 9.18 Å². The van der Waals surface area contributed by atoms with Gasteiger partial charge in [0, 0.05) is 18.3 Å². The molecule has 0 spiro atoms. The molecule has 7 nitrogen and oxygen atoms in total. The van der Waals surface area contributed by atoms with Crippen molar-refractivity contribution in [2.24, 2.45) is 0 Å². The van der Waals surface area contributed by atoms with E-state index in [1.165, 1.54) is 12.1 Å². The lowest BCUT2D eigenvalue weighted by Gasteiger charge is -2.27. The molecule has 0 saturated carbocycles. The van der Waals surface area contributed by atoms with Crippen molar-refractivity contribution >= 4 is 21.8 Å². The van der Waals surface area contributed by atoms with E-state index in [0.29, 0.717) is 11.3 Å². The van der Waals surface area contributed by atoms with Crippen LogP contribution in [0.5, 0.6) is 5.75 Å². The van der Waals surface area contributed by atoms with Crippen LogP contribution in [0.1, 0.15) is 25.0 Å². The van der Waals surface area contributed by atoms with E-state index in [1.807, 2.05) is 19.9 Å². The number of carbonyl (C=O) groups is 1. The van der Waals surface area contributed by atoms with Crippen LogP contribution in [0.3, 0.4) is 0 Å². The minimum atomic E-state index is -4.09. The number of nitrogens with one attached hydrogen (secondary N) is 1. The average molecular weight is 468 g/mol. The largest absolute Gasteiger partial charge is 0.379 e. The first-order valence-electron chi connectivity index (χ1n) is 10.0. The van der Waals surface area contributed by atoms with Crippen LogP contribution in [0.2, 0.25) is 0 Å². The molecule has 0 saturated heterocycles. The van der Waals surface area contributed by atoms with Crippen LogP contribution in [0.4, 0.5) is 14.9 Å². The van der Waals surface area contributed by atoms with Crippen LogP contribution in [0.15, 0.2) is 77.7 Å². The third kappa shape index (κ3) is 6.30. The fourth-order valence-corrected chi connectivity index (χ4v) is 3.87. The molecule has 0 atom stereocenters. The van der Waals surface area contributed by atoms with Gasteiger partial charge in [-0.05, 0) is 80.1 Å². The van der Waals surface area contributed by atoms with E-state index in [9.17, 15) is 17.6 Å². The topological polar surface area (TPSA) is 99.5 Å². The van der Waals surface area contributed by atoms with Crippen LogP contribution in [-0.4, -0.2) is 25.4 Å². The maximum Gasteiger partial charge on any atom is 0.339 e. The molecule has 0 aliphatic heterocycles. The van der Waals surface area contributed by atoms with Gasteiger partial charge < -0.3 is 14.4 Å². The van der Waals surface area contributed by atoms with Crippen LogP contribution in [0, 0.1) is 17.1 Å². The molecule has 0 radical (unpaired) electrons. The van der Waals surface area contributed by atoms with Crippen LogP contribution < -0.4 is 9.50 Å². The number of anilines is 1. The normalized spacial score (nSPS) is 11.0. The summed E-state index contributed by atoms with van der Waals surface area (Å²) >= 11 is 0. The molecule has 170 valence electrons. The van der Waals surface area contributed by atoms with Gasteiger partial charge in [-0.15, -0.1) is 0 Å². The number of hydrogen-bond acceptors (Lipinski definition) is 5. The third-order valence-corrected chi connectivity index (χ3v) is 6.00. The summed E-state index contributed by atoms with van der Waals surface area (Å²) in [5.41, 5.74) is 1.84. The summed E-state index contributed by atoms with van der Waals surface area (Å²) in [7, 11) is -4.09. The molecule has 2 amide bonds. The Balaban J connectivity index is 1.67. The molecule has 3 aromatic rings. The van der Waals surface area contributed by atoms with Gasteiger partial charge in [0.15, 0.2) is 0 Å². The quantitative estimate of drug-likeness (QED) is 0.498. The van der Waals surface area contributed by atoms with Crippen molar-refractivity contribution in [3.05, 3.63) is 89.7 Å². The van der Waals surface area contributed by atoms with Gasteiger partial charge in [0.1, 0.15) is 16.5 Å². The van der Waals surface area contributed by atoms with Gasteiger partial charge in [-0.1, -0.05) is 12.1 Å². The van der Waals surface area contributed by atoms with Gasteiger partial charge in [0.25, 0.3) is 0 Å². The van der Waals surface area contributed by atoms with E-state index in [4.69, 9.17) is 9.44 Å². The molecule has 0 unspecified atom stereocenters. The molecule has 0 heterocycles. The summed E-state index contributed by atoms with van der Waals surface area (Å²) in [5, 5.41) is 11.7. The van der Waals surface area contributed by atoms with Crippen LogP contribution >= 0.6 is 0 Å². The number of rotatable bonds is 7. The highest BCUT2D eigenvalue weighted by molar-refractivity contribution is 7.87. The zero-order valence-corrected chi connectivity index (χ0v) is 18.8. The highest BCUT2D eigenvalue weighted by Gasteiger charge is 2.19. The van der Waals surface area contributed by atoms with Gasteiger partial charge in [-0.2, -0.15) is 13.7 Å². The van der Waals surface area contributed by atoms with Crippen molar-refractivity contribution in [3.8, 4) is 11.8 Å². The first kappa shape index (κ1) is 23.8. The van der Waals surface area contributed by atoms with E-state index in [2.05, 4.69) is 5.32 Å². The third-order valence-electron chi connectivity index (χ3n) is 4.73. The van der Waals surface area contributed by atoms with Crippen molar-refractivity contribution in [1.29, 1.82) is 5.26 Å². The molecular weight excluding hydrogens is 445 g/mol. The lowest BCUT2D eigenvalue weighted by atomic mass is 10.2. The van der Waals surface area contributed by atoms with Gasteiger partial charge in [-0.3, -0.25) is 0 Å². The molecule has 33 heavy (non-hydrogen) atoms. The number of amides is 2. The van der Waals surface area contributed by atoms with Gasteiger partial charge >= 0.3 is 16.1 Å². The maximum atomic E-state index is 13.0. The zero-order valence-electron chi connectivity index (χ0n) is 18.0. The van der Waals surface area contributed by atoms with E-state index in [1.54, 1.807) is 41.3 Å². The number of nitrogens with zero attached hydrogens (tertiary/aromatic N) is 2. The van der Waals surface area contributed by atoms with Crippen molar-refractivity contribution in [1.82, 2.24) is 4.90 Å². The van der Waals surface area contributed by atoms with Gasteiger partial charge in [0.05, 0.1) is 11.6 Å². The smallest absolute Gasteiger partial charge is 0.339 e. The molecule has 0 bridgehead atoms. The van der Waals surface area contributed by atoms with E-state index >= 15 is 0 Å². The molecule has 0 fully saturated rings. The van der Waals surface area contributed by atoms with Crippen LogP contribution in [0.25, 0.3) is 0 Å². The Morgan fingerprint density at radius 1 is 1.03 bits per heavy atom. The summed E-state index contributed by atoms with van der Waals surface area (Å²) in [6.07, 6.45) is 0. The van der Waals surface area contributed by atoms with Crippen molar-refractivity contribution in [2.45, 2.75) is 31.3 Å². The summed E-state index contributed by atoms with van der Waals surface area (Å²) in [6, 6.07) is 18.8. The molecule has 9 heteroatoms. The number of benzene rings is 3. The predicted octanol–water partition coefficient (Wildman–Crippen LogP) is 4.91. The minimum Gasteiger partial charge on any atom is -0.379 e. The van der Waals surface area contributed by atoms with Gasteiger partial charge in [0.2, 0.25) is 0 Å². The fraction of sp³-hybridized carbons (Fsp3) is 0.167. The Labute approximate surface area is 192 Å². The lowest BCUT2D eigenvalue weighted by Crippen LogP contribution is -2.39. The summed E-state index contributed by atoms with van der Waals surface area (Å²) in [6.45, 7) is 4.04. The van der Waals surface area contributed by atoms with Crippen molar-refractivity contribution in [3.63, 3.8) is 0 Å². The molecule has 0 aliphatic rings. The second-order valence-electron chi connectivity index (χ2n) is 7.48. The van der Waals surface area contributed by atoms with Crippen molar-refractivity contribution < 1.29 is 21.8 Å². The second-order valence-corrected chi connectivity index (χ2v) is 9.02. The summed E-state index contributed by atoms with van der Waals surface area (Å²) < 4.78 is 42.8. The lowest BCUT2D eigenvalue weighted by molar-refractivity contribution is 0.193. The second kappa shape index (κ2) is 10.1. The zero-order chi connectivity index (χ0) is 24.0. The Hall–Kier alpha value is -3.90. The monoisotopic (exact) mass is 467 g/mol. The molecule has 1 N–H and O–H groups in total. The Kier molecular flexibility index (Phi) is 7.30. The fourth-order valence-electron chi connectivity index (χ4n) is 2.94. The van der Waals surface area contributed by atoms with E-state index < -0.39 is 15.9 Å². The van der Waals surface area contributed by atoms with E-state index in [-0.39, 0.29) is 29.3 Å². The number of urea groups is 1. The summed E-state index contributed by atoms with van der Waals surface area (Å²) in [5.74, 6) is -0.447. The maximum absolute atomic E-state index is 13.0. The SMILES string of the molecule is CC(C)N(Cc1ccc(OS(=O)(=O)c2ccc(F)cc2)cc1)C(=O)Nc1ccc(C#N)cc1. The van der Waals surface area contributed by atoms with Crippen LogP contribution in [-0.2, 0) is 16.7 Å². The first-order valence-corrected chi connectivity index (χ1v) is 11.5. The highest BCUT2D eigenvalue weighted by Crippen LogP contribution is 2.21. The summed E-state index contributed by atoms with van der Waals surface area (Å²) in [4.78, 5) is 14.2. The highest BCUT2D eigenvalue weighted by atomic mass is 32.2. The first-order chi connectivity index (χ1) is 15.7. The Morgan fingerprint density at radius 2 is 1.64 bits per heavy atom. The van der Waals surface area contributed by atoms with Crippen molar-refractivity contribution in [2.75, 3.05) is 5.32 Å². The number of nitriles is 1. The molecule has 3 aromatic carbocycles. The molecule has 3 rings (SSSR count). The molecular formula is C24H22FN3O4S.